The zero-order chi connectivity index (χ0) is 20.6. The van der Waals surface area contributed by atoms with Gasteiger partial charge in [0.1, 0.15) is 12.4 Å². The van der Waals surface area contributed by atoms with Crippen molar-refractivity contribution < 1.29 is 23.9 Å². The summed E-state index contributed by atoms with van der Waals surface area (Å²) >= 11 is 0. The SMILES string of the molecule is CC(C)(C)NC(=O)NC(=O)COC(=O)c1cccc(OCc2ccccc2)c1. The quantitative estimate of drug-likeness (QED) is 0.747. The van der Waals surface area contributed by atoms with E-state index in [1.165, 1.54) is 6.07 Å². The summed E-state index contributed by atoms with van der Waals surface area (Å²) in [6.07, 6.45) is 0. The minimum atomic E-state index is -0.716. The van der Waals surface area contributed by atoms with E-state index in [2.05, 4.69) is 10.6 Å². The van der Waals surface area contributed by atoms with Crippen LogP contribution >= 0.6 is 0 Å². The lowest BCUT2D eigenvalue weighted by Crippen LogP contribution is -2.49. The lowest BCUT2D eigenvalue weighted by molar-refractivity contribution is -0.123. The van der Waals surface area contributed by atoms with Crippen LogP contribution < -0.4 is 15.4 Å². The molecule has 0 unspecified atom stereocenters. The highest BCUT2D eigenvalue weighted by Crippen LogP contribution is 2.16. The molecule has 2 N–H and O–H groups in total. The van der Waals surface area contributed by atoms with E-state index in [1.54, 1.807) is 39.0 Å². The Bertz CT molecular complexity index is 828. The Hall–Kier alpha value is -3.35. The highest BCUT2D eigenvalue weighted by atomic mass is 16.5. The smallest absolute Gasteiger partial charge is 0.338 e. The number of amides is 3. The number of rotatable bonds is 6. The van der Waals surface area contributed by atoms with Crippen molar-refractivity contribution in [1.29, 1.82) is 0 Å². The molecule has 0 aromatic heterocycles. The van der Waals surface area contributed by atoms with Crippen LogP contribution in [0.3, 0.4) is 0 Å². The third kappa shape index (κ3) is 7.49. The fourth-order valence-electron chi connectivity index (χ4n) is 2.20. The largest absolute Gasteiger partial charge is 0.489 e. The summed E-state index contributed by atoms with van der Waals surface area (Å²) in [6.45, 7) is 5.15. The Balaban J connectivity index is 1.83. The van der Waals surface area contributed by atoms with Crippen LogP contribution in [-0.4, -0.2) is 30.1 Å². The maximum atomic E-state index is 12.1. The zero-order valence-corrected chi connectivity index (χ0v) is 16.2. The first-order valence-corrected chi connectivity index (χ1v) is 8.79. The normalized spacial score (nSPS) is 10.7. The minimum absolute atomic E-state index is 0.248. The summed E-state index contributed by atoms with van der Waals surface area (Å²) < 4.78 is 10.6. The summed E-state index contributed by atoms with van der Waals surface area (Å²) in [5.74, 6) is -0.893. The van der Waals surface area contributed by atoms with Crippen LogP contribution in [-0.2, 0) is 16.1 Å². The van der Waals surface area contributed by atoms with Gasteiger partial charge in [-0.2, -0.15) is 0 Å². The molecule has 148 valence electrons. The van der Waals surface area contributed by atoms with E-state index in [9.17, 15) is 14.4 Å². The van der Waals surface area contributed by atoms with Crippen LogP contribution in [0, 0.1) is 0 Å². The second-order valence-corrected chi connectivity index (χ2v) is 7.13. The first kappa shape index (κ1) is 21.0. The van der Waals surface area contributed by atoms with Crippen LogP contribution in [0.1, 0.15) is 36.7 Å². The molecule has 0 bridgehead atoms. The molecule has 2 aromatic rings. The standard InChI is InChI=1S/C21H24N2O5/c1-21(2,3)23-20(26)22-18(24)14-28-19(25)16-10-7-11-17(12-16)27-13-15-8-5-4-6-9-15/h4-12H,13-14H2,1-3H3,(H2,22,23,24,26). The number of ether oxygens (including phenoxy) is 2. The second-order valence-electron chi connectivity index (χ2n) is 7.13. The molecule has 0 heterocycles. The summed E-state index contributed by atoms with van der Waals surface area (Å²) in [6, 6.07) is 15.5. The van der Waals surface area contributed by atoms with E-state index >= 15 is 0 Å². The summed E-state index contributed by atoms with van der Waals surface area (Å²) in [4.78, 5) is 35.5. The van der Waals surface area contributed by atoms with Gasteiger partial charge < -0.3 is 14.8 Å². The van der Waals surface area contributed by atoms with Crippen molar-refractivity contribution in [3.63, 3.8) is 0 Å². The van der Waals surface area contributed by atoms with Gasteiger partial charge in [-0.15, -0.1) is 0 Å². The van der Waals surface area contributed by atoms with Gasteiger partial charge in [0.25, 0.3) is 5.91 Å². The van der Waals surface area contributed by atoms with Gasteiger partial charge in [-0.3, -0.25) is 10.1 Å². The van der Waals surface area contributed by atoms with E-state index in [4.69, 9.17) is 9.47 Å². The van der Waals surface area contributed by atoms with Crippen LogP contribution in [0.2, 0.25) is 0 Å². The van der Waals surface area contributed by atoms with Crippen LogP contribution in [0.25, 0.3) is 0 Å². The molecule has 7 nitrogen and oxygen atoms in total. The Morgan fingerprint density at radius 2 is 1.68 bits per heavy atom. The molecule has 0 aliphatic heterocycles. The third-order valence-electron chi connectivity index (χ3n) is 3.39. The lowest BCUT2D eigenvalue weighted by Gasteiger charge is -2.20. The maximum absolute atomic E-state index is 12.1. The molecule has 0 aliphatic carbocycles. The van der Waals surface area contributed by atoms with Crippen molar-refractivity contribution >= 4 is 17.9 Å². The number of hydrogen-bond acceptors (Lipinski definition) is 5. The predicted molar refractivity (Wildman–Crippen MR) is 104 cm³/mol. The van der Waals surface area contributed by atoms with E-state index in [0.717, 1.165) is 5.56 Å². The zero-order valence-electron chi connectivity index (χ0n) is 16.2. The third-order valence-corrected chi connectivity index (χ3v) is 3.39. The number of benzene rings is 2. The molecule has 0 saturated heterocycles. The van der Waals surface area contributed by atoms with Gasteiger partial charge in [-0.25, -0.2) is 9.59 Å². The highest BCUT2D eigenvalue weighted by molar-refractivity contribution is 5.97. The fourth-order valence-corrected chi connectivity index (χ4v) is 2.20. The first-order valence-electron chi connectivity index (χ1n) is 8.79. The number of imide groups is 1. The Labute approximate surface area is 164 Å². The minimum Gasteiger partial charge on any atom is -0.489 e. The number of esters is 1. The predicted octanol–water partition coefficient (Wildman–Crippen LogP) is 3.05. The molecule has 0 spiro atoms. The molecule has 0 atom stereocenters. The molecule has 2 aromatic carbocycles. The molecular weight excluding hydrogens is 360 g/mol. The molecule has 28 heavy (non-hydrogen) atoms. The Morgan fingerprint density at radius 3 is 2.36 bits per heavy atom. The Kier molecular flexibility index (Phi) is 7.14. The molecule has 0 fully saturated rings. The van der Waals surface area contributed by atoms with Gasteiger partial charge in [-0.1, -0.05) is 36.4 Å². The highest BCUT2D eigenvalue weighted by Gasteiger charge is 2.17. The van der Waals surface area contributed by atoms with Crippen molar-refractivity contribution in [2.24, 2.45) is 0 Å². The molecule has 3 amide bonds. The fraction of sp³-hybridized carbons (Fsp3) is 0.286. The van der Waals surface area contributed by atoms with Gasteiger partial charge in [0.2, 0.25) is 0 Å². The van der Waals surface area contributed by atoms with Gasteiger partial charge in [0.05, 0.1) is 5.56 Å². The molecule has 7 heteroatoms. The monoisotopic (exact) mass is 384 g/mol. The van der Waals surface area contributed by atoms with Crippen molar-refractivity contribution in [3.05, 3.63) is 65.7 Å². The van der Waals surface area contributed by atoms with E-state index < -0.39 is 30.1 Å². The van der Waals surface area contributed by atoms with E-state index in [1.807, 2.05) is 30.3 Å². The maximum Gasteiger partial charge on any atom is 0.338 e. The number of hydrogen-bond donors (Lipinski definition) is 2. The van der Waals surface area contributed by atoms with E-state index in [-0.39, 0.29) is 5.56 Å². The second kappa shape index (κ2) is 9.55. The van der Waals surface area contributed by atoms with Crippen molar-refractivity contribution in [2.75, 3.05) is 6.61 Å². The number of urea groups is 1. The average Bonchev–Trinajstić information content (AvgIpc) is 2.64. The van der Waals surface area contributed by atoms with Gasteiger partial charge in [0.15, 0.2) is 6.61 Å². The molecular formula is C21H24N2O5. The van der Waals surface area contributed by atoms with Gasteiger partial charge in [0, 0.05) is 5.54 Å². The van der Waals surface area contributed by atoms with Crippen LogP contribution in [0.5, 0.6) is 5.75 Å². The van der Waals surface area contributed by atoms with Crippen LogP contribution in [0.15, 0.2) is 54.6 Å². The topological polar surface area (TPSA) is 93.7 Å². The molecule has 0 radical (unpaired) electrons. The average molecular weight is 384 g/mol. The summed E-state index contributed by atoms with van der Waals surface area (Å²) in [5.41, 5.74) is 0.763. The molecule has 0 saturated carbocycles. The van der Waals surface area contributed by atoms with Gasteiger partial charge in [-0.05, 0) is 44.5 Å². The number of carbonyl (C=O) groups is 3. The van der Waals surface area contributed by atoms with Crippen molar-refractivity contribution in [1.82, 2.24) is 10.6 Å². The van der Waals surface area contributed by atoms with Crippen LogP contribution in [0.4, 0.5) is 4.79 Å². The summed E-state index contributed by atoms with van der Waals surface area (Å²) in [7, 11) is 0. The Morgan fingerprint density at radius 1 is 0.964 bits per heavy atom. The lowest BCUT2D eigenvalue weighted by atomic mass is 10.1. The van der Waals surface area contributed by atoms with E-state index in [0.29, 0.717) is 12.4 Å². The van der Waals surface area contributed by atoms with Crippen molar-refractivity contribution in [2.45, 2.75) is 32.9 Å². The van der Waals surface area contributed by atoms with Crippen molar-refractivity contribution in [3.8, 4) is 5.75 Å². The van der Waals surface area contributed by atoms with Gasteiger partial charge >= 0.3 is 12.0 Å². The number of carbonyl (C=O) groups excluding carboxylic acids is 3. The molecule has 0 aliphatic rings. The molecule has 2 rings (SSSR count). The number of nitrogens with one attached hydrogen (secondary N) is 2. The first-order chi connectivity index (χ1) is 13.2. The summed E-state index contributed by atoms with van der Waals surface area (Å²) in [5, 5.41) is 4.68.